The van der Waals surface area contributed by atoms with Crippen LogP contribution >= 0.6 is 23.1 Å². The van der Waals surface area contributed by atoms with Crippen LogP contribution in [0.1, 0.15) is 29.8 Å². The Bertz CT molecular complexity index is 1470. The third-order valence-corrected chi connectivity index (χ3v) is 8.12. The minimum Gasteiger partial charge on any atom is -0.348 e. The minimum absolute atomic E-state index is 0.00255. The molecule has 3 aromatic rings. The maximum Gasteiger partial charge on any atom is 0.269 e. The average Bonchev–Trinajstić information content (AvgIpc) is 3.33. The molecule has 0 N–H and O–H groups in total. The monoisotopic (exact) mass is 458 g/mol. The zero-order valence-corrected chi connectivity index (χ0v) is 19.5. The third-order valence-electron chi connectivity index (χ3n) is 5.68. The maximum atomic E-state index is 13.1. The van der Waals surface area contributed by atoms with E-state index in [2.05, 4.69) is 36.2 Å². The maximum absolute atomic E-state index is 13.1. The molecular weight excluding hydrogens is 436 g/mol. The van der Waals surface area contributed by atoms with Crippen molar-refractivity contribution in [2.45, 2.75) is 25.3 Å². The zero-order chi connectivity index (χ0) is 22.2. The fraction of sp³-hybridized carbons (Fsp3) is 0.154. The van der Waals surface area contributed by atoms with Gasteiger partial charge in [-0.1, -0.05) is 48.2 Å². The number of carbonyl (C=O) groups is 1. The first-order valence-electron chi connectivity index (χ1n) is 10.6. The van der Waals surface area contributed by atoms with E-state index in [9.17, 15) is 9.59 Å². The van der Waals surface area contributed by atoms with Gasteiger partial charge in [-0.3, -0.25) is 14.2 Å². The Balaban J connectivity index is 1.64. The van der Waals surface area contributed by atoms with Crippen molar-refractivity contribution >= 4 is 51.1 Å². The van der Waals surface area contributed by atoms with E-state index >= 15 is 0 Å². The molecule has 3 heterocycles. The van der Waals surface area contributed by atoms with Crippen molar-refractivity contribution in [2.75, 3.05) is 11.4 Å². The molecule has 0 unspecified atom stereocenters. The van der Waals surface area contributed by atoms with Crippen LogP contribution in [0.5, 0.6) is 0 Å². The van der Waals surface area contributed by atoms with Crippen LogP contribution in [0.15, 0.2) is 76.6 Å². The summed E-state index contributed by atoms with van der Waals surface area (Å²) in [4.78, 5) is 29.9. The number of rotatable bonds is 3. The highest BCUT2D eigenvalue weighted by atomic mass is 32.2. The van der Waals surface area contributed by atoms with Gasteiger partial charge in [0.05, 0.1) is 9.44 Å². The molecule has 2 aliphatic rings. The van der Waals surface area contributed by atoms with Crippen molar-refractivity contribution in [1.82, 2.24) is 4.57 Å². The smallest absolute Gasteiger partial charge is 0.269 e. The second-order valence-corrected chi connectivity index (χ2v) is 9.57. The lowest BCUT2D eigenvalue weighted by molar-refractivity contribution is 0.105. The molecule has 2 aromatic carbocycles. The van der Waals surface area contributed by atoms with E-state index in [0.717, 1.165) is 32.9 Å². The van der Waals surface area contributed by atoms with Crippen molar-refractivity contribution in [3.63, 3.8) is 0 Å². The van der Waals surface area contributed by atoms with Crippen molar-refractivity contribution in [2.24, 2.45) is 0 Å². The largest absolute Gasteiger partial charge is 0.348 e. The van der Waals surface area contributed by atoms with Crippen LogP contribution < -0.4 is 19.7 Å². The number of hydrogen-bond donors (Lipinski definition) is 0. The van der Waals surface area contributed by atoms with Gasteiger partial charge in [-0.25, -0.2) is 0 Å². The van der Waals surface area contributed by atoms with E-state index in [1.54, 1.807) is 4.57 Å². The molecule has 0 bridgehead atoms. The van der Waals surface area contributed by atoms with E-state index in [0.29, 0.717) is 21.5 Å². The summed E-state index contributed by atoms with van der Waals surface area (Å²) < 4.78 is 3.09. The van der Waals surface area contributed by atoms with Crippen LogP contribution in [0.2, 0.25) is 0 Å². The molecule has 0 atom stereocenters. The highest BCUT2D eigenvalue weighted by Crippen LogP contribution is 2.40. The number of allylic oxidation sites excluding steroid dienone is 3. The first kappa shape index (κ1) is 20.8. The number of aromatic nitrogens is 1. The number of thioether (sulfide) groups is 1. The van der Waals surface area contributed by atoms with Gasteiger partial charge in [0.1, 0.15) is 4.66 Å². The van der Waals surface area contributed by atoms with Gasteiger partial charge in [-0.15, -0.1) is 11.3 Å². The van der Waals surface area contributed by atoms with E-state index in [1.807, 2.05) is 55.5 Å². The Labute approximate surface area is 194 Å². The quantitative estimate of drug-likeness (QED) is 0.589. The fourth-order valence-electron chi connectivity index (χ4n) is 4.05. The minimum atomic E-state index is -0.0514. The van der Waals surface area contributed by atoms with Crippen molar-refractivity contribution in [3.8, 4) is 0 Å². The number of Topliss-reactive ketones (excluding diaryl/α,β-unsaturated/α-hetero) is 1. The number of carbonyl (C=O) groups excluding carboxylic acids is 1. The predicted molar refractivity (Wildman–Crippen MR) is 135 cm³/mol. The highest BCUT2D eigenvalue weighted by Gasteiger charge is 2.27. The molecule has 0 saturated carbocycles. The summed E-state index contributed by atoms with van der Waals surface area (Å²) in [7, 11) is 0. The average molecular weight is 459 g/mol. The lowest BCUT2D eigenvalue weighted by Gasteiger charge is -2.26. The second-order valence-electron chi connectivity index (χ2n) is 7.48. The van der Waals surface area contributed by atoms with Gasteiger partial charge in [-0.2, -0.15) is 0 Å². The number of para-hydroxylation sites is 1. The van der Waals surface area contributed by atoms with Crippen molar-refractivity contribution in [1.29, 1.82) is 0 Å². The summed E-state index contributed by atoms with van der Waals surface area (Å²) >= 11 is 2.85. The molecule has 4 nitrogen and oxygen atoms in total. The Kier molecular flexibility index (Phi) is 5.49. The van der Waals surface area contributed by atoms with E-state index < -0.39 is 0 Å². The molecule has 0 spiro atoms. The summed E-state index contributed by atoms with van der Waals surface area (Å²) in [5, 5.41) is 0. The highest BCUT2D eigenvalue weighted by molar-refractivity contribution is 8.10. The number of ketones is 1. The number of fused-ring (bicyclic) bond motifs is 2. The zero-order valence-electron chi connectivity index (χ0n) is 17.9. The lowest BCUT2D eigenvalue weighted by Crippen LogP contribution is -2.31. The van der Waals surface area contributed by atoms with Crippen LogP contribution in [0.4, 0.5) is 5.69 Å². The molecule has 32 heavy (non-hydrogen) atoms. The van der Waals surface area contributed by atoms with Crippen molar-refractivity contribution < 1.29 is 4.79 Å². The van der Waals surface area contributed by atoms with E-state index in [4.69, 9.17) is 0 Å². The van der Waals surface area contributed by atoms with Gasteiger partial charge in [0.25, 0.3) is 5.56 Å². The molecule has 0 radical (unpaired) electrons. The van der Waals surface area contributed by atoms with Gasteiger partial charge < -0.3 is 4.90 Å². The molecule has 1 aromatic heterocycles. The molecule has 0 amide bonds. The summed E-state index contributed by atoms with van der Waals surface area (Å²) in [6.07, 6.45) is 8.05. The molecule has 2 aliphatic heterocycles. The van der Waals surface area contributed by atoms with Gasteiger partial charge in [-0.05, 0) is 49.8 Å². The molecule has 0 saturated heterocycles. The van der Waals surface area contributed by atoms with Gasteiger partial charge in [0.15, 0.2) is 0 Å². The van der Waals surface area contributed by atoms with Crippen LogP contribution in [-0.2, 0) is 6.54 Å². The summed E-state index contributed by atoms with van der Waals surface area (Å²) in [6, 6.07) is 15.9. The molecule has 160 valence electrons. The van der Waals surface area contributed by atoms with Crippen molar-refractivity contribution in [3.05, 3.63) is 97.6 Å². The van der Waals surface area contributed by atoms with Crippen LogP contribution in [0, 0.1) is 0 Å². The number of anilines is 1. The van der Waals surface area contributed by atoms with Crippen LogP contribution in [0.25, 0.3) is 16.6 Å². The molecular formula is C26H22N2O2S2. The number of hydrogen-bond acceptors (Lipinski definition) is 5. The third kappa shape index (κ3) is 3.40. The summed E-state index contributed by atoms with van der Waals surface area (Å²) in [5.74, 6) is 0.00255. The molecule has 0 aliphatic carbocycles. The standard InChI is InChI=1S/C26H22N2O2S2/c1-3-27-16-15-17(18-9-5-7-11-20(18)27)13-14-22-25(30)28(4-2)26(32-22)24-23(29)19-10-6-8-12-21(19)31-24/h5-16H,3-4H2,1-2H3/b17-13-,22-14+,26-24-. The predicted octanol–water partition coefficient (Wildman–Crippen LogP) is 4.24. The van der Waals surface area contributed by atoms with Gasteiger partial charge >= 0.3 is 0 Å². The molecule has 5 rings (SSSR count). The van der Waals surface area contributed by atoms with Gasteiger partial charge in [0.2, 0.25) is 5.78 Å². The Hall–Kier alpha value is -3.09. The molecule has 0 fully saturated rings. The van der Waals surface area contributed by atoms with Crippen LogP contribution in [0.3, 0.4) is 0 Å². The van der Waals surface area contributed by atoms with Crippen LogP contribution in [-0.4, -0.2) is 16.9 Å². The second kappa shape index (κ2) is 8.45. The Morgan fingerprint density at radius 1 is 0.906 bits per heavy atom. The number of benzene rings is 2. The number of nitrogens with zero attached hydrogens (tertiary/aromatic N) is 2. The first-order chi connectivity index (χ1) is 15.6. The topological polar surface area (TPSA) is 42.3 Å². The fourth-order valence-corrected chi connectivity index (χ4v) is 6.38. The Morgan fingerprint density at radius 2 is 1.66 bits per heavy atom. The first-order valence-corrected chi connectivity index (χ1v) is 12.3. The Morgan fingerprint density at radius 3 is 2.41 bits per heavy atom. The summed E-state index contributed by atoms with van der Waals surface area (Å²) in [5.41, 5.74) is 4.04. The normalized spacial score (nSPS) is 18.4. The van der Waals surface area contributed by atoms with Gasteiger partial charge in [0, 0.05) is 41.0 Å². The molecule has 6 heteroatoms. The van der Waals surface area contributed by atoms with E-state index in [1.165, 1.54) is 23.1 Å². The summed E-state index contributed by atoms with van der Waals surface area (Å²) in [6.45, 7) is 5.49. The number of thiazole rings is 1. The SMILES string of the molecule is CCN1C=C/C(=C/C=c2/s/c(=C3\Sc4ccccc4C3=O)n(CC)c2=O)c2ccccc21. The lowest BCUT2D eigenvalue weighted by atomic mass is 9.99. The van der Waals surface area contributed by atoms with E-state index in [-0.39, 0.29) is 11.3 Å².